The molecule has 4 aromatic rings. The average Bonchev–Trinajstić information content (AvgIpc) is 3.48. The molecule has 3 saturated carbocycles. The smallest absolute Gasteiger partial charge is 0.112 e. The van der Waals surface area contributed by atoms with E-state index in [0.717, 1.165) is 28.0 Å². The van der Waals surface area contributed by atoms with Gasteiger partial charge in [-0.2, -0.15) is 0 Å². The van der Waals surface area contributed by atoms with Crippen LogP contribution in [-0.4, -0.2) is 72.7 Å². The molecule has 192 valence electrons. The first kappa shape index (κ1) is 23.1. The van der Waals surface area contributed by atoms with Gasteiger partial charge in [0, 0.05) is 68.0 Å². The van der Waals surface area contributed by atoms with Crippen LogP contribution in [-0.2, 0) is 5.54 Å². The van der Waals surface area contributed by atoms with Crippen LogP contribution in [0.15, 0.2) is 55.1 Å². The lowest BCUT2D eigenvalue weighted by Crippen LogP contribution is -2.80. The molecule has 0 N–H and O–H groups in total. The first-order valence-corrected chi connectivity index (χ1v) is 13.8. The van der Waals surface area contributed by atoms with Gasteiger partial charge in [0.15, 0.2) is 0 Å². The zero-order valence-electron chi connectivity index (χ0n) is 22.4. The maximum atomic E-state index is 5.20. The fraction of sp³-hybridized carbons (Fsp3) is 0.500. The van der Waals surface area contributed by atoms with Crippen molar-refractivity contribution in [3.63, 3.8) is 0 Å². The number of nitrogens with zero attached hydrogens (tertiary/aromatic N) is 7. The Morgan fingerprint density at radius 2 is 1.70 bits per heavy atom. The summed E-state index contributed by atoms with van der Waals surface area (Å²) in [6.07, 6.45) is 12.1. The van der Waals surface area contributed by atoms with E-state index < -0.39 is 0 Å². The normalized spacial score (nSPS) is 26.8. The van der Waals surface area contributed by atoms with Gasteiger partial charge in [-0.1, -0.05) is 19.9 Å². The van der Waals surface area contributed by atoms with Gasteiger partial charge >= 0.3 is 0 Å². The van der Waals surface area contributed by atoms with Crippen molar-refractivity contribution < 1.29 is 0 Å². The number of hydrogen-bond acceptors (Lipinski definition) is 5. The van der Waals surface area contributed by atoms with Crippen LogP contribution in [0.2, 0.25) is 0 Å². The van der Waals surface area contributed by atoms with Gasteiger partial charge in [0.05, 0.1) is 34.0 Å². The molecule has 4 fully saturated rings. The Morgan fingerprint density at radius 1 is 0.919 bits per heavy atom. The molecule has 1 saturated heterocycles. The predicted molar refractivity (Wildman–Crippen MR) is 147 cm³/mol. The van der Waals surface area contributed by atoms with Gasteiger partial charge in [0.2, 0.25) is 0 Å². The number of imidazole rings is 1. The van der Waals surface area contributed by atoms with Gasteiger partial charge in [-0.15, -0.1) is 0 Å². The van der Waals surface area contributed by atoms with Crippen molar-refractivity contribution in [3.8, 4) is 11.3 Å². The molecular formula is C30H37N7. The lowest BCUT2D eigenvalue weighted by atomic mass is 9.43. The highest BCUT2D eigenvalue weighted by Crippen LogP contribution is 2.68. The van der Waals surface area contributed by atoms with Crippen molar-refractivity contribution in [2.45, 2.75) is 63.1 Å². The number of likely N-dealkylation sites (N-methyl/N-ethyl adjacent to an activating group) is 1. The van der Waals surface area contributed by atoms with Crippen LogP contribution in [0.3, 0.4) is 0 Å². The van der Waals surface area contributed by atoms with Crippen LogP contribution in [0, 0.1) is 0 Å². The second-order valence-electron chi connectivity index (χ2n) is 12.1. The Balaban J connectivity index is 1.19. The molecule has 0 radical (unpaired) electrons. The van der Waals surface area contributed by atoms with E-state index in [-0.39, 0.29) is 11.6 Å². The maximum Gasteiger partial charge on any atom is 0.112 e. The van der Waals surface area contributed by atoms with E-state index in [9.17, 15) is 0 Å². The number of piperazine rings is 1. The summed E-state index contributed by atoms with van der Waals surface area (Å²) in [5, 5.41) is 0. The molecule has 1 atom stereocenters. The molecule has 1 aliphatic heterocycles. The van der Waals surface area contributed by atoms with Crippen molar-refractivity contribution in [1.82, 2.24) is 33.9 Å². The molecule has 0 amide bonds. The lowest BCUT2D eigenvalue weighted by Gasteiger charge is -2.75. The summed E-state index contributed by atoms with van der Waals surface area (Å²) in [6, 6.07) is 10.6. The van der Waals surface area contributed by atoms with Crippen molar-refractivity contribution >= 4 is 11.0 Å². The maximum absolute atomic E-state index is 5.20. The summed E-state index contributed by atoms with van der Waals surface area (Å²) < 4.78 is 4.82. The molecule has 1 unspecified atom stereocenters. The molecule has 4 aromatic heterocycles. The van der Waals surface area contributed by atoms with Crippen molar-refractivity contribution in [2.24, 2.45) is 0 Å². The molecule has 37 heavy (non-hydrogen) atoms. The summed E-state index contributed by atoms with van der Waals surface area (Å²) in [4.78, 5) is 19.8. The number of hydrogen-bond donors (Lipinski definition) is 0. The first-order chi connectivity index (χ1) is 17.9. The lowest BCUT2D eigenvalue weighted by molar-refractivity contribution is -0.213. The number of fused-ring (bicyclic) bond motifs is 1. The minimum Gasteiger partial charge on any atom is -0.337 e. The molecule has 4 aliphatic rings. The van der Waals surface area contributed by atoms with Gasteiger partial charge in [-0.05, 0) is 57.5 Å². The summed E-state index contributed by atoms with van der Waals surface area (Å²) in [7, 11) is 2.24. The number of rotatable bonds is 6. The van der Waals surface area contributed by atoms with E-state index in [4.69, 9.17) is 9.97 Å². The van der Waals surface area contributed by atoms with Crippen LogP contribution in [0.4, 0.5) is 0 Å². The highest BCUT2D eigenvalue weighted by molar-refractivity contribution is 5.81. The average molecular weight is 496 g/mol. The summed E-state index contributed by atoms with van der Waals surface area (Å²) in [5.41, 5.74) is 5.98. The third-order valence-electron chi connectivity index (χ3n) is 9.31. The van der Waals surface area contributed by atoms with Gasteiger partial charge in [0.25, 0.3) is 0 Å². The van der Waals surface area contributed by atoms with E-state index in [1.54, 1.807) is 0 Å². The topological polar surface area (TPSA) is 55.0 Å². The minimum atomic E-state index is 0.131. The second-order valence-corrected chi connectivity index (χ2v) is 12.1. The molecule has 3 aliphatic carbocycles. The van der Waals surface area contributed by atoms with E-state index in [1.807, 2.05) is 24.5 Å². The molecule has 0 spiro atoms. The molecule has 7 heteroatoms. The standard InChI is InChI=1S/C30H37N7/c1-21(2)28-33-26(17-37(28)30-18-29(19-30,20-30)35-13-11-34(4)12-14-35)23-15-27-25(32-16-23)8-10-36(27)22(3)24-7-5-6-9-31-24/h5-10,15-17,21-22H,11-14,18-20H2,1-4H3. The van der Waals surface area contributed by atoms with Gasteiger partial charge in [0.1, 0.15) is 5.82 Å². The molecule has 7 nitrogen and oxygen atoms in total. The Morgan fingerprint density at radius 3 is 2.41 bits per heavy atom. The quantitative estimate of drug-likeness (QED) is 0.381. The molecular weight excluding hydrogens is 458 g/mol. The zero-order valence-corrected chi connectivity index (χ0v) is 22.4. The van der Waals surface area contributed by atoms with E-state index >= 15 is 0 Å². The third kappa shape index (κ3) is 3.51. The summed E-state index contributed by atoms with van der Waals surface area (Å²) in [5.74, 6) is 1.59. The van der Waals surface area contributed by atoms with Crippen molar-refractivity contribution in [3.05, 3.63) is 66.6 Å². The molecule has 0 aromatic carbocycles. The van der Waals surface area contributed by atoms with Gasteiger partial charge < -0.3 is 14.0 Å². The van der Waals surface area contributed by atoms with Crippen LogP contribution in [0.5, 0.6) is 0 Å². The monoisotopic (exact) mass is 495 g/mol. The highest BCUT2D eigenvalue weighted by atomic mass is 15.4. The van der Waals surface area contributed by atoms with Crippen LogP contribution in [0.25, 0.3) is 22.3 Å². The van der Waals surface area contributed by atoms with Crippen molar-refractivity contribution in [1.29, 1.82) is 0 Å². The fourth-order valence-electron chi connectivity index (χ4n) is 7.15. The van der Waals surface area contributed by atoms with E-state index in [0.29, 0.717) is 11.5 Å². The highest BCUT2D eigenvalue weighted by Gasteiger charge is 2.71. The Labute approximate surface area is 219 Å². The first-order valence-electron chi connectivity index (χ1n) is 13.8. The molecule has 5 heterocycles. The van der Waals surface area contributed by atoms with Crippen LogP contribution >= 0.6 is 0 Å². The van der Waals surface area contributed by atoms with Crippen LogP contribution < -0.4 is 0 Å². The Hall–Kier alpha value is -3.03. The fourth-order valence-corrected chi connectivity index (χ4v) is 7.15. The Bertz CT molecular complexity index is 1420. The number of pyridine rings is 2. The Kier molecular flexibility index (Phi) is 5.14. The van der Waals surface area contributed by atoms with Crippen molar-refractivity contribution in [2.75, 3.05) is 33.2 Å². The SMILES string of the molecule is CC(C)c1nc(-c2cnc3ccn(C(C)c4ccccn4)c3c2)cn1C12CC(N3CCN(C)CC3)(C1)C2. The largest absolute Gasteiger partial charge is 0.337 e. The third-order valence-corrected chi connectivity index (χ3v) is 9.31. The second kappa shape index (κ2) is 8.23. The minimum absolute atomic E-state index is 0.131. The number of aromatic nitrogens is 5. The van der Waals surface area contributed by atoms with Crippen LogP contribution in [0.1, 0.15) is 63.5 Å². The summed E-state index contributed by atoms with van der Waals surface area (Å²) in [6.45, 7) is 11.5. The van der Waals surface area contributed by atoms with Gasteiger partial charge in [-0.3, -0.25) is 14.9 Å². The van der Waals surface area contributed by atoms with Gasteiger partial charge in [-0.25, -0.2) is 4.98 Å². The molecule has 8 rings (SSSR count). The summed E-state index contributed by atoms with van der Waals surface area (Å²) >= 11 is 0. The zero-order chi connectivity index (χ0) is 25.4. The molecule has 2 bridgehead atoms. The van der Waals surface area contributed by atoms with E-state index in [1.165, 1.54) is 51.3 Å². The predicted octanol–water partition coefficient (Wildman–Crippen LogP) is 4.91. The van der Waals surface area contributed by atoms with E-state index in [2.05, 4.69) is 82.3 Å².